The minimum Gasteiger partial charge on any atom is -0.341 e. The van der Waals surface area contributed by atoms with E-state index in [2.05, 4.69) is 25.0 Å². The van der Waals surface area contributed by atoms with Crippen molar-refractivity contribution in [1.82, 2.24) is 29.9 Å². The fourth-order valence-electron chi connectivity index (χ4n) is 3.84. The average Bonchev–Trinajstić information content (AvgIpc) is 3.35. The fraction of sp³-hybridized carbons (Fsp3) is 0.556. The third-order valence-corrected chi connectivity index (χ3v) is 5.37. The number of rotatable bonds is 3. The van der Waals surface area contributed by atoms with Crippen molar-refractivity contribution in [3.8, 4) is 0 Å². The molecule has 10 nitrogen and oxygen atoms in total. The number of amides is 2. The van der Waals surface area contributed by atoms with Crippen LogP contribution in [0.1, 0.15) is 24.6 Å². The zero-order chi connectivity index (χ0) is 19.7. The molecule has 10 heteroatoms. The van der Waals surface area contributed by atoms with E-state index in [4.69, 9.17) is 4.52 Å². The Balaban J connectivity index is 1.46. The maximum absolute atomic E-state index is 13.3. The number of piperazine rings is 1. The first kappa shape index (κ1) is 18.3. The van der Waals surface area contributed by atoms with Crippen molar-refractivity contribution < 1.29 is 14.1 Å². The van der Waals surface area contributed by atoms with E-state index in [1.807, 2.05) is 4.90 Å². The molecule has 0 N–H and O–H groups in total. The van der Waals surface area contributed by atoms with Gasteiger partial charge in [-0.05, 0) is 13.0 Å². The van der Waals surface area contributed by atoms with E-state index in [1.165, 1.54) is 6.92 Å². The van der Waals surface area contributed by atoms with Crippen molar-refractivity contribution in [3.05, 3.63) is 30.2 Å². The van der Waals surface area contributed by atoms with E-state index in [0.29, 0.717) is 56.9 Å². The molecule has 2 aliphatic heterocycles. The fourth-order valence-corrected chi connectivity index (χ4v) is 3.84. The van der Waals surface area contributed by atoms with Crippen LogP contribution in [0.2, 0.25) is 0 Å². The van der Waals surface area contributed by atoms with Gasteiger partial charge in [-0.1, -0.05) is 5.16 Å². The van der Waals surface area contributed by atoms with E-state index in [-0.39, 0.29) is 23.7 Å². The first-order valence-electron chi connectivity index (χ1n) is 9.39. The molecular weight excluding hydrogens is 362 g/mol. The molecule has 28 heavy (non-hydrogen) atoms. The molecule has 2 amide bonds. The van der Waals surface area contributed by atoms with Gasteiger partial charge in [0.25, 0.3) is 0 Å². The molecule has 2 aromatic heterocycles. The summed E-state index contributed by atoms with van der Waals surface area (Å²) >= 11 is 0. The van der Waals surface area contributed by atoms with Gasteiger partial charge in [-0.2, -0.15) is 4.98 Å². The number of likely N-dealkylation sites (tertiary alicyclic amines) is 1. The van der Waals surface area contributed by atoms with Crippen molar-refractivity contribution in [2.45, 2.75) is 19.8 Å². The number of aryl methyl sites for hydroxylation is 1. The number of hydrogen-bond donors (Lipinski definition) is 0. The quantitative estimate of drug-likeness (QED) is 0.731. The van der Waals surface area contributed by atoms with Crippen molar-refractivity contribution in [2.24, 2.45) is 5.92 Å². The van der Waals surface area contributed by atoms with Crippen LogP contribution in [0, 0.1) is 12.8 Å². The third kappa shape index (κ3) is 3.54. The Labute approximate surface area is 162 Å². The maximum Gasteiger partial charge on any atom is 0.232 e. The van der Waals surface area contributed by atoms with Gasteiger partial charge >= 0.3 is 0 Å². The van der Waals surface area contributed by atoms with E-state index < -0.39 is 0 Å². The van der Waals surface area contributed by atoms with Crippen LogP contribution in [0.4, 0.5) is 5.95 Å². The zero-order valence-corrected chi connectivity index (χ0v) is 16.0. The van der Waals surface area contributed by atoms with Crippen molar-refractivity contribution >= 4 is 17.8 Å². The zero-order valence-electron chi connectivity index (χ0n) is 16.0. The summed E-state index contributed by atoms with van der Waals surface area (Å²) in [7, 11) is 0. The normalized spacial score (nSPS) is 22.6. The Bertz CT molecular complexity index is 848. The molecule has 0 radical (unpaired) electrons. The summed E-state index contributed by atoms with van der Waals surface area (Å²) in [6.07, 6.45) is 3.43. The molecular formula is C18H23N7O3. The molecule has 148 valence electrons. The van der Waals surface area contributed by atoms with Crippen molar-refractivity contribution in [2.75, 3.05) is 44.2 Å². The lowest BCUT2D eigenvalue weighted by molar-refractivity contribution is -0.136. The van der Waals surface area contributed by atoms with Crippen molar-refractivity contribution in [3.63, 3.8) is 0 Å². The molecule has 2 aromatic rings. The standard InChI is InChI=1S/C18H23N7O3/c1-12-21-16(28-22-12)14-10-25(13(2)26)11-15(14)17(27)23-6-8-24(9-7-23)18-19-4-3-5-20-18/h3-5,14-15H,6-11H2,1-2H3/t14-,15-/m1/s1. The van der Waals surface area contributed by atoms with E-state index >= 15 is 0 Å². The highest BCUT2D eigenvalue weighted by Gasteiger charge is 2.44. The summed E-state index contributed by atoms with van der Waals surface area (Å²) in [4.78, 5) is 43.6. The van der Waals surface area contributed by atoms with Gasteiger partial charge in [0.1, 0.15) is 0 Å². The lowest BCUT2D eigenvalue weighted by atomic mass is 9.94. The number of aromatic nitrogens is 4. The van der Waals surface area contributed by atoms with E-state index in [9.17, 15) is 9.59 Å². The Morgan fingerprint density at radius 3 is 2.39 bits per heavy atom. The number of carbonyl (C=O) groups excluding carboxylic acids is 2. The second-order valence-corrected chi connectivity index (χ2v) is 7.18. The second kappa shape index (κ2) is 7.53. The molecule has 0 saturated carbocycles. The summed E-state index contributed by atoms with van der Waals surface area (Å²) in [5.41, 5.74) is 0. The molecule has 2 saturated heterocycles. The number of hydrogen-bond acceptors (Lipinski definition) is 8. The molecule has 4 heterocycles. The van der Waals surface area contributed by atoms with Gasteiger partial charge < -0.3 is 19.2 Å². The number of carbonyl (C=O) groups is 2. The van der Waals surface area contributed by atoms with Crippen LogP contribution < -0.4 is 4.90 Å². The largest absolute Gasteiger partial charge is 0.341 e. The molecule has 4 rings (SSSR count). The lowest BCUT2D eigenvalue weighted by Gasteiger charge is -2.36. The van der Waals surface area contributed by atoms with Crippen LogP contribution in [0.25, 0.3) is 0 Å². The number of anilines is 1. The summed E-state index contributed by atoms with van der Waals surface area (Å²) in [6, 6.07) is 1.78. The monoisotopic (exact) mass is 385 g/mol. The smallest absolute Gasteiger partial charge is 0.232 e. The Morgan fingerprint density at radius 1 is 1.07 bits per heavy atom. The minimum atomic E-state index is -0.372. The average molecular weight is 385 g/mol. The Kier molecular flexibility index (Phi) is 4.93. The van der Waals surface area contributed by atoms with E-state index in [0.717, 1.165) is 0 Å². The highest BCUT2D eigenvalue weighted by atomic mass is 16.5. The Morgan fingerprint density at radius 2 is 1.79 bits per heavy atom. The van der Waals surface area contributed by atoms with Crippen LogP contribution in [0.5, 0.6) is 0 Å². The molecule has 0 aromatic carbocycles. The van der Waals surface area contributed by atoms with Gasteiger partial charge in [0.2, 0.25) is 23.7 Å². The predicted molar refractivity (Wildman–Crippen MR) is 98.3 cm³/mol. The van der Waals surface area contributed by atoms with Crippen LogP contribution in [-0.2, 0) is 9.59 Å². The van der Waals surface area contributed by atoms with Gasteiger partial charge in [-0.15, -0.1) is 0 Å². The number of nitrogens with zero attached hydrogens (tertiary/aromatic N) is 7. The maximum atomic E-state index is 13.3. The molecule has 0 aliphatic carbocycles. The first-order valence-corrected chi connectivity index (χ1v) is 9.39. The van der Waals surface area contributed by atoms with Gasteiger partial charge in [0.15, 0.2) is 5.82 Å². The third-order valence-electron chi connectivity index (χ3n) is 5.37. The summed E-state index contributed by atoms with van der Waals surface area (Å²) < 4.78 is 5.32. The van der Waals surface area contributed by atoms with E-state index in [1.54, 1.807) is 30.3 Å². The minimum absolute atomic E-state index is 0.0261. The lowest BCUT2D eigenvalue weighted by Crippen LogP contribution is -2.51. The predicted octanol–water partition coefficient (Wildman–Crippen LogP) is 0.0787. The first-order chi connectivity index (χ1) is 13.5. The molecule has 2 atom stereocenters. The summed E-state index contributed by atoms with van der Waals surface area (Å²) in [5.74, 6) is 0.962. The van der Waals surface area contributed by atoms with Crippen LogP contribution in [0.15, 0.2) is 23.0 Å². The van der Waals surface area contributed by atoms with Gasteiger partial charge in [-0.25, -0.2) is 9.97 Å². The topological polar surface area (TPSA) is 109 Å². The highest BCUT2D eigenvalue weighted by molar-refractivity contribution is 5.83. The molecule has 2 aliphatic rings. The summed E-state index contributed by atoms with van der Waals surface area (Å²) in [6.45, 7) is 6.57. The van der Waals surface area contributed by atoms with Crippen molar-refractivity contribution in [1.29, 1.82) is 0 Å². The second-order valence-electron chi connectivity index (χ2n) is 7.18. The van der Waals surface area contributed by atoms with Crippen LogP contribution in [-0.4, -0.2) is 81.0 Å². The van der Waals surface area contributed by atoms with Gasteiger partial charge in [0, 0.05) is 58.6 Å². The van der Waals surface area contributed by atoms with Crippen LogP contribution in [0.3, 0.4) is 0 Å². The molecule has 0 bridgehead atoms. The molecule has 0 spiro atoms. The summed E-state index contributed by atoms with van der Waals surface area (Å²) in [5, 5.41) is 3.85. The van der Waals surface area contributed by atoms with Crippen LogP contribution >= 0.6 is 0 Å². The van der Waals surface area contributed by atoms with Gasteiger partial charge in [0.05, 0.1) is 11.8 Å². The molecule has 2 fully saturated rings. The van der Waals surface area contributed by atoms with Gasteiger partial charge in [-0.3, -0.25) is 9.59 Å². The highest BCUT2D eigenvalue weighted by Crippen LogP contribution is 2.33. The Hall–Kier alpha value is -3.04. The molecule has 0 unspecified atom stereocenters. The SMILES string of the molecule is CC(=O)N1C[C@@H](C(=O)N2CCN(c3ncccn3)CC2)[C@H](c2nc(C)no2)C1.